The van der Waals surface area contributed by atoms with Gasteiger partial charge < -0.3 is 5.32 Å². The maximum atomic E-state index is 12.7. The number of para-hydroxylation sites is 1. The van der Waals surface area contributed by atoms with Gasteiger partial charge in [-0.05, 0) is 38.3 Å². The zero-order valence-corrected chi connectivity index (χ0v) is 14.2. The zero-order chi connectivity index (χ0) is 15.9. The molecule has 1 heterocycles. The van der Waals surface area contributed by atoms with Crippen molar-refractivity contribution in [1.29, 1.82) is 0 Å². The van der Waals surface area contributed by atoms with Gasteiger partial charge in [0.15, 0.2) is 0 Å². The van der Waals surface area contributed by atoms with Gasteiger partial charge in [-0.3, -0.25) is 14.3 Å². The van der Waals surface area contributed by atoms with E-state index in [-0.39, 0.29) is 11.5 Å². The molecule has 1 aromatic carbocycles. The average Bonchev–Trinajstić information content (AvgIpc) is 2.69. The third-order valence-corrected chi connectivity index (χ3v) is 5.50. The molecule has 0 atom stereocenters. The largest absolute Gasteiger partial charge is 0.319 e. The molecule has 0 spiro atoms. The highest BCUT2D eigenvalue weighted by Gasteiger charge is 2.42. The summed E-state index contributed by atoms with van der Waals surface area (Å²) < 4.78 is 2.81. The third-order valence-electron chi connectivity index (χ3n) is 4.35. The van der Waals surface area contributed by atoms with Gasteiger partial charge in [-0.2, -0.15) is 0 Å². The highest BCUT2D eigenvalue weighted by atomic mass is 79.9. The molecule has 1 saturated carbocycles. The van der Waals surface area contributed by atoms with Crippen LogP contribution in [0.2, 0.25) is 0 Å². The molecule has 0 unspecified atom stereocenters. The summed E-state index contributed by atoms with van der Waals surface area (Å²) in [4.78, 5) is 25.1. The molecule has 22 heavy (non-hydrogen) atoms. The van der Waals surface area contributed by atoms with Crippen LogP contribution in [-0.4, -0.2) is 19.6 Å². The molecule has 0 saturated heterocycles. The molecular weight excluding hydrogens is 346 g/mol. The number of hydrogen-bond acceptors (Lipinski definition) is 2. The van der Waals surface area contributed by atoms with Crippen molar-refractivity contribution in [1.82, 2.24) is 9.36 Å². The van der Waals surface area contributed by atoms with Crippen molar-refractivity contribution in [3.8, 4) is 5.69 Å². The van der Waals surface area contributed by atoms with Crippen molar-refractivity contribution in [2.75, 3.05) is 5.32 Å². The van der Waals surface area contributed by atoms with Crippen molar-refractivity contribution in [2.45, 2.75) is 30.5 Å². The van der Waals surface area contributed by atoms with E-state index in [9.17, 15) is 9.59 Å². The first-order valence-corrected chi connectivity index (χ1v) is 8.08. The number of alkyl halides is 1. The van der Waals surface area contributed by atoms with Crippen molar-refractivity contribution >= 4 is 27.5 Å². The Bertz CT molecular complexity index is 773. The number of carbonyl (C=O) groups excluding carboxylic acids is 1. The molecule has 1 fully saturated rings. The third kappa shape index (κ3) is 2.31. The van der Waals surface area contributed by atoms with E-state index in [4.69, 9.17) is 0 Å². The minimum atomic E-state index is -0.515. The molecule has 0 bridgehead atoms. The number of nitrogens with zero attached hydrogens (tertiary/aromatic N) is 2. The standard InChI is InChI=1S/C16H18BrN3O2/c1-11-13(18-15(22)16(17)9-6-10-16)14(21)20(19(11)2)12-7-4-3-5-8-12/h3-5,7-8H,6,9-10H2,1-2H3,(H,18,22). The monoisotopic (exact) mass is 363 g/mol. The molecule has 116 valence electrons. The second kappa shape index (κ2) is 5.43. The van der Waals surface area contributed by atoms with Gasteiger partial charge in [0.05, 0.1) is 11.4 Å². The predicted molar refractivity (Wildman–Crippen MR) is 89.9 cm³/mol. The Morgan fingerprint density at radius 3 is 2.45 bits per heavy atom. The van der Waals surface area contributed by atoms with Gasteiger partial charge in [0.1, 0.15) is 10.0 Å². The zero-order valence-electron chi connectivity index (χ0n) is 12.6. The number of carbonyl (C=O) groups is 1. The topological polar surface area (TPSA) is 56.0 Å². The van der Waals surface area contributed by atoms with E-state index in [2.05, 4.69) is 21.2 Å². The van der Waals surface area contributed by atoms with Crippen LogP contribution >= 0.6 is 15.9 Å². The van der Waals surface area contributed by atoms with Crippen LogP contribution in [0.4, 0.5) is 5.69 Å². The number of rotatable bonds is 3. The molecule has 1 aromatic heterocycles. The normalized spacial score (nSPS) is 16.1. The first kappa shape index (κ1) is 15.1. The fourth-order valence-electron chi connectivity index (χ4n) is 2.65. The van der Waals surface area contributed by atoms with E-state index >= 15 is 0 Å². The van der Waals surface area contributed by atoms with Crippen molar-refractivity contribution < 1.29 is 4.79 Å². The van der Waals surface area contributed by atoms with Crippen LogP contribution in [0.25, 0.3) is 5.69 Å². The summed E-state index contributed by atoms with van der Waals surface area (Å²) in [6.45, 7) is 1.83. The van der Waals surface area contributed by atoms with Crippen LogP contribution in [0.3, 0.4) is 0 Å². The fourth-order valence-corrected chi connectivity index (χ4v) is 3.31. The smallest absolute Gasteiger partial charge is 0.295 e. The van der Waals surface area contributed by atoms with E-state index in [0.29, 0.717) is 5.69 Å². The minimum Gasteiger partial charge on any atom is -0.319 e. The first-order valence-electron chi connectivity index (χ1n) is 7.28. The van der Waals surface area contributed by atoms with Crippen molar-refractivity contribution in [3.63, 3.8) is 0 Å². The van der Waals surface area contributed by atoms with Crippen LogP contribution < -0.4 is 10.9 Å². The lowest BCUT2D eigenvalue weighted by Gasteiger charge is -2.34. The van der Waals surface area contributed by atoms with Gasteiger partial charge in [-0.1, -0.05) is 34.1 Å². The van der Waals surface area contributed by atoms with E-state index in [1.807, 2.05) is 44.3 Å². The SMILES string of the molecule is Cc1c(NC(=O)C2(Br)CCC2)c(=O)n(-c2ccccc2)n1C. The Hall–Kier alpha value is -1.82. The van der Waals surface area contributed by atoms with Gasteiger partial charge in [-0.25, -0.2) is 4.68 Å². The van der Waals surface area contributed by atoms with Crippen LogP contribution in [0.15, 0.2) is 35.1 Å². The fraction of sp³-hybridized carbons (Fsp3) is 0.375. The number of benzene rings is 1. The van der Waals surface area contributed by atoms with Gasteiger partial charge in [0.2, 0.25) is 5.91 Å². The molecule has 0 aliphatic heterocycles. The molecule has 0 radical (unpaired) electrons. The van der Waals surface area contributed by atoms with E-state index in [1.165, 1.54) is 0 Å². The molecule has 6 heteroatoms. The van der Waals surface area contributed by atoms with E-state index in [1.54, 1.807) is 9.36 Å². The minimum absolute atomic E-state index is 0.134. The summed E-state index contributed by atoms with van der Waals surface area (Å²) in [5, 5.41) is 2.81. The summed E-state index contributed by atoms with van der Waals surface area (Å²) >= 11 is 3.48. The van der Waals surface area contributed by atoms with Crippen LogP contribution in [0.5, 0.6) is 0 Å². The Labute approximate surface area is 137 Å². The number of halogens is 1. The molecule has 1 aliphatic rings. The summed E-state index contributed by atoms with van der Waals surface area (Å²) in [7, 11) is 1.81. The average molecular weight is 364 g/mol. The second-order valence-corrected chi connectivity index (χ2v) is 7.23. The Balaban J connectivity index is 2.00. The summed E-state index contributed by atoms with van der Waals surface area (Å²) in [6, 6.07) is 9.39. The lowest BCUT2D eigenvalue weighted by atomic mass is 9.84. The lowest BCUT2D eigenvalue weighted by Crippen LogP contribution is -2.43. The molecule has 5 nitrogen and oxygen atoms in total. The van der Waals surface area contributed by atoms with E-state index < -0.39 is 4.32 Å². The van der Waals surface area contributed by atoms with Crippen LogP contribution in [0.1, 0.15) is 25.0 Å². The predicted octanol–water partition coefficient (Wildman–Crippen LogP) is 2.74. The molecule has 1 aliphatic carbocycles. The quantitative estimate of drug-likeness (QED) is 0.852. The maximum absolute atomic E-state index is 12.7. The number of amides is 1. The summed E-state index contributed by atoms with van der Waals surface area (Å²) in [5.41, 5.74) is 1.64. The van der Waals surface area contributed by atoms with Crippen LogP contribution in [0, 0.1) is 6.92 Å². The van der Waals surface area contributed by atoms with Gasteiger partial charge in [-0.15, -0.1) is 0 Å². The maximum Gasteiger partial charge on any atom is 0.295 e. The van der Waals surface area contributed by atoms with Gasteiger partial charge >= 0.3 is 0 Å². The van der Waals surface area contributed by atoms with Crippen LogP contribution in [-0.2, 0) is 11.8 Å². The Kier molecular flexibility index (Phi) is 3.72. The number of hydrogen-bond donors (Lipinski definition) is 1. The van der Waals surface area contributed by atoms with Crippen molar-refractivity contribution in [2.24, 2.45) is 7.05 Å². The van der Waals surface area contributed by atoms with Gasteiger partial charge in [0, 0.05) is 7.05 Å². The molecule has 2 aromatic rings. The van der Waals surface area contributed by atoms with Crippen molar-refractivity contribution in [3.05, 3.63) is 46.4 Å². The first-order chi connectivity index (χ1) is 10.4. The Morgan fingerprint density at radius 1 is 1.27 bits per heavy atom. The number of aromatic nitrogens is 2. The van der Waals surface area contributed by atoms with Gasteiger partial charge in [0.25, 0.3) is 5.56 Å². The summed E-state index contributed by atoms with van der Waals surface area (Å²) in [5.74, 6) is -0.134. The number of nitrogens with one attached hydrogen (secondary N) is 1. The lowest BCUT2D eigenvalue weighted by molar-refractivity contribution is -0.120. The Morgan fingerprint density at radius 2 is 1.91 bits per heavy atom. The molecule has 3 rings (SSSR count). The molecule has 1 amide bonds. The van der Waals surface area contributed by atoms with E-state index in [0.717, 1.165) is 30.6 Å². The summed E-state index contributed by atoms with van der Waals surface area (Å²) in [6.07, 6.45) is 2.63. The highest BCUT2D eigenvalue weighted by Crippen LogP contribution is 2.41. The molecular formula is C16H18BrN3O2. The highest BCUT2D eigenvalue weighted by molar-refractivity contribution is 9.10. The second-order valence-electron chi connectivity index (χ2n) is 5.71. The number of anilines is 1. The molecule has 1 N–H and O–H groups in total.